The Labute approximate surface area is 119 Å². The molecule has 2 aliphatic rings. The highest BCUT2D eigenvalue weighted by Gasteiger charge is 2.44. The van der Waals surface area contributed by atoms with Crippen LogP contribution in [-0.4, -0.2) is 41.9 Å². The molecular weight excluding hydrogens is 260 g/mol. The van der Waals surface area contributed by atoms with Gasteiger partial charge in [-0.25, -0.2) is 9.59 Å². The van der Waals surface area contributed by atoms with Crippen molar-refractivity contribution in [3.63, 3.8) is 0 Å². The number of ether oxygens (including phenoxy) is 1. The Bertz CT molecular complexity index is 360. The first-order valence-corrected chi connectivity index (χ1v) is 7.43. The van der Waals surface area contributed by atoms with E-state index < -0.39 is 17.5 Å². The van der Waals surface area contributed by atoms with Crippen LogP contribution < -0.4 is 10.6 Å². The molecule has 2 atom stereocenters. The molecule has 6 heteroatoms. The first kappa shape index (κ1) is 15.1. The Kier molecular flexibility index (Phi) is 4.86. The highest BCUT2D eigenvalue weighted by atomic mass is 16.5. The van der Waals surface area contributed by atoms with Crippen molar-refractivity contribution in [3.8, 4) is 0 Å². The molecule has 3 N–H and O–H groups in total. The van der Waals surface area contributed by atoms with Crippen molar-refractivity contribution in [1.82, 2.24) is 10.6 Å². The smallest absolute Gasteiger partial charge is 0.332 e. The van der Waals surface area contributed by atoms with Crippen molar-refractivity contribution in [3.05, 3.63) is 0 Å². The van der Waals surface area contributed by atoms with Gasteiger partial charge in [-0.1, -0.05) is 19.3 Å². The van der Waals surface area contributed by atoms with Crippen molar-refractivity contribution >= 4 is 12.0 Å². The number of aliphatic carboxylic acids is 1. The molecule has 1 saturated carbocycles. The molecule has 2 amide bonds. The zero-order valence-electron chi connectivity index (χ0n) is 12.0. The first-order valence-electron chi connectivity index (χ1n) is 7.43. The number of carboxylic acid groups (broad SMARTS) is 1. The van der Waals surface area contributed by atoms with Crippen LogP contribution in [0, 0.1) is 5.92 Å². The summed E-state index contributed by atoms with van der Waals surface area (Å²) in [6, 6.07) is -0.334. The van der Waals surface area contributed by atoms with Crippen molar-refractivity contribution in [1.29, 1.82) is 0 Å². The third kappa shape index (κ3) is 3.42. The number of hydrogen-bond donors (Lipinski definition) is 3. The van der Waals surface area contributed by atoms with Gasteiger partial charge in [-0.05, 0) is 25.7 Å². The minimum absolute atomic E-state index is 0.0353. The van der Waals surface area contributed by atoms with Crippen LogP contribution in [0.1, 0.15) is 45.4 Å². The van der Waals surface area contributed by atoms with Crippen LogP contribution in [0.3, 0.4) is 0 Å². The number of nitrogens with one attached hydrogen (secondary N) is 2. The molecule has 1 saturated heterocycles. The van der Waals surface area contributed by atoms with Gasteiger partial charge in [0.15, 0.2) is 5.54 Å². The molecule has 1 heterocycles. The van der Waals surface area contributed by atoms with E-state index in [1.807, 2.05) is 6.92 Å². The van der Waals surface area contributed by atoms with Gasteiger partial charge in [0.1, 0.15) is 0 Å². The fourth-order valence-corrected chi connectivity index (χ4v) is 3.10. The predicted molar refractivity (Wildman–Crippen MR) is 73.5 cm³/mol. The van der Waals surface area contributed by atoms with Crippen molar-refractivity contribution < 1.29 is 19.4 Å². The SMILES string of the molecule is CC(NC(=O)NC1(C(=O)O)CCOC1)C1CCCCC1. The van der Waals surface area contributed by atoms with Crippen LogP contribution in [0.5, 0.6) is 0 Å². The van der Waals surface area contributed by atoms with E-state index in [-0.39, 0.29) is 12.6 Å². The number of amides is 2. The lowest BCUT2D eigenvalue weighted by Gasteiger charge is -2.30. The van der Waals surface area contributed by atoms with Crippen LogP contribution >= 0.6 is 0 Å². The summed E-state index contributed by atoms with van der Waals surface area (Å²) >= 11 is 0. The van der Waals surface area contributed by atoms with Gasteiger partial charge < -0.3 is 20.5 Å². The molecule has 6 nitrogen and oxygen atoms in total. The topological polar surface area (TPSA) is 87.7 Å². The Hall–Kier alpha value is -1.30. The van der Waals surface area contributed by atoms with Gasteiger partial charge in [0.2, 0.25) is 0 Å². The van der Waals surface area contributed by atoms with Gasteiger partial charge in [-0.15, -0.1) is 0 Å². The van der Waals surface area contributed by atoms with Gasteiger partial charge in [-0.3, -0.25) is 0 Å². The second-order valence-electron chi connectivity index (χ2n) is 5.98. The van der Waals surface area contributed by atoms with Crippen LogP contribution in [0.25, 0.3) is 0 Å². The second kappa shape index (κ2) is 6.43. The zero-order valence-corrected chi connectivity index (χ0v) is 12.0. The fraction of sp³-hybridized carbons (Fsp3) is 0.857. The molecule has 0 aromatic rings. The van der Waals surface area contributed by atoms with Gasteiger partial charge in [0, 0.05) is 19.1 Å². The maximum Gasteiger partial charge on any atom is 0.332 e. The predicted octanol–water partition coefficient (Wildman–Crippen LogP) is 1.50. The van der Waals surface area contributed by atoms with Gasteiger partial charge in [0.05, 0.1) is 6.61 Å². The molecule has 2 fully saturated rings. The Morgan fingerprint density at radius 1 is 1.30 bits per heavy atom. The fourth-order valence-electron chi connectivity index (χ4n) is 3.10. The molecule has 2 rings (SSSR count). The quantitative estimate of drug-likeness (QED) is 0.730. The summed E-state index contributed by atoms with van der Waals surface area (Å²) in [7, 11) is 0. The van der Waals surface area contributed by atoms with E-state index in [0.717, 1.165) is 12.8 Å². The molecule has 0 aromatic heterocycles. The Morgan fingerprint density at radius 3 is 2.55 bits per heavy atom. The van der Waals surface area contributed by atoms with E-state index in [1.54, 1.807) is 0 Å². The molecule has 1 aliphatic heterocycles. The molecule has 20 heavy (non-hydrogen) atoms. The number of rotatable bonds is 4. The van der Waals surface area contributed by atoms with Crippen LogP contribution in [0.4, 0.5) is 4.79 Å². The molecule has 0 spiro atoms. The number of hydrogen-bond acceptors (Lipinski definition) is 3. The normalized spacial score (nSPS) is 28.9. The molecule has 1 aliphatic carbocycles. The largest absolute Gasteiger partial charge is 0.479 e. The average molecular weight is 284 g/mol. The summed E-state index contributed by atoms with van der Waals surface area (Å²) in [5, 5.41) is 14.7. The van der Waals surface area contributed by atoms with Crippen LogP contribution in [0.2, 0.25) is 0 Å². The zero-order chi connectivity index (χ0) is 14.6. The Balaban J connectivity index is 1.86. The summed E-state index contributed by atoms with van der Waals surface area (Å²) < 4.78 is 5.12. The van der Waals surface area contributed by atoms with E-state index in [4.69, 9.17) is 4.74 Å². The average Bonchev–Trinajstić information content (AvgIpc) is 2.89. The molecule has 0 aromatic carbocycles. The maximum absolute atomic E-state index is 12.0. The maximum atomic E-state index is 12.0. The van der Waals surface area contributed by atoms with E-state index >= 15 is 0 Å². The Morgan fingerprint density at radius 2 is 2.00 bits per heavy atom. The molecule has 0 bridgehead atoms. The van der Waals surface area contributed by atoms with E-state index in [0.29, 0.717) is 18.9 Å². The number of carboxylic acids is 1. The first-order chi connectivity index (χ1) is 9.53. The number of urea groups is 1. The molecule has 114 valence electrons. The third-order valence-corrected chi connectivity index (χ3v) is 4.50. The summed E-state index contributed by atoms with van der Waals surface area (Å²) in [5.41, 5.74) is -1.27. The van der Waals surface area contributed by atoms with Crippen molar-refractivity contribution in [2.75, 3.05) is 13.2 Å². The summed E-state index contributed by atoms with van der Waals surface area (Å²) in [6.45, 7) is 2.40. The lowest BCUT2D eigenvalue weighted by molar-refractivity contribution is -0.144. The van der Waals surface area contributed by atoms with Crippen LogP contribution in [0.15, 0.2) is 0 Å². The van der Waals surface area contributed by atoms with Crippen LogP contribution in [-0.2, 0) is 9.53 Å². The number of carbonyl (C=O) groups is 2. The van der Waals surface area contributed by atoms with E-state index in [1.165, 1.54) is 19.3 Å². The van der Waals surface area contributed by atoms with Gasteiger partial charge in [0.25, 0.3) is 0 Å². The minimum Gasteiger partial charge on any atom is -0.479 e. The third-order valence-electron chi connectivity index (χ3n) is 4.50. The highest BCUT2D eigenvalue weighted by Crippen LogP contribution is 2.26. The lowest BCUT2D eigenvalue weighted by atomic mass is 9.84. The van der Waals surface area contributed by atoms with Gasteiger partial charge in [-0.2, -0.15) is 0 Å². The molecule has 2 unspecified atom stereocenters. The summed E-state index contributed by atoms with van der Waals surface area (Å²) in [4.78, 5) is 23.3. The standard InChI is InChI=1S/C14H24N2O4/c1-10(11-5-3-2-4-6-11)15-13(19)16-14(12(17)18)7-8-20-9-14/h10-11H,2-9H2,1H3,(H,17,18)(H2,15,16,19). The monoisotopic (exact) mass is 284 g/mol. The van der Waals surface area contributed by atoms with E-state index in [2.05, 4.69) is 10.6 Å². The van der Waals surface area contributed by atoms with Crippen molar-refractivity contribution in [2.45, 2.75) is 57.0 Å². The molecule has 0 radical (unpaired) electrons. The summed E-state index contributed by atoms with van der Waals surface area (Å²) in [6.07, 6.45) is 6.28. The van der Waals surface area contributed by atoms with Gasteiger partial charge >= 0.3 is 12.0 Å². The van der Waals surface area contributed by atoms with Crippen molar-refractivity contribution in [2.24, 2.45) is 5.92 Å². The number of carbonyl (C=O) groups excluding carboxylic acids is 1. The highest BCUT2D eigenvalue weighted by molar-refractivity contribution is 5.86. The van der Waals surface area contributed by atoms with E-state index in [9.17, 15) is 14.7 Å². The molecular formula is C14H24N2O4. The lowest BCUT2D eigenvalue weighted by Crippen LogP contribution is -2.59. The minimum atomic E-state index is -1.27. The summed E-state index contributed by atoms with van der Waals surface area (Å²) in [5.74, 6) is -0.537. The second-order valence-corrected chi connectivity index (χ2v) is 5.98.